The van der Waals surface area contributed by atoms with Gasteiger partial charge in [0.25, 0.3) is 0 Å². The molecule has 13 heavy (non-hydrogen) atoms. The summed E-state index contributed by atoms with van der Waals surface area (Å²) >= 11 is 11.7. The first-order valence-electron chi connectivity index (χ1n) is 3.77. The lowest BCUT2D eigenvalue weighted by Gasteiger charge is -2.10. The van der Waals surface area contributed by atoms with Crippen LogP contribution in [0.5, 0.6) is 5.75 Å². The molecule has 72 valence electrons. The molecule has 0 aliphatic carbocycles. The van der Waals surface area contributed by atoms with E-state index in [0.717, 1.165) is 0 Å². The second kappa shape index (κ2) is 4.18. The minimum absolute atomic E-state index is 0.442. The van der Waals surface area contributed by atoms with Crippen molar-refractivity contribution in [3.05, 3.63) is 27.7 Å². The summed E-state index contributed by atoms with van der Waals surface area (Å²) in [5.74, 6) is 0.516. The second-order valence-electron chi connectivity index (χ2n) is 2.68. The smallest absolute Gasteiger partial charge is 0.137 e. The number of aliphatic hydroxyl groups is 1. The molecular weight excluding hydrogens is 211 g/mol. The van der Waals surface area contributed by atoms with Gasteiger partial charge in [0, 0.05) is 10.6 Å². The molecular formula is C9H10Cl2O2. The SMILES string of the molecule is COc1cc(C(C)O)c(Cl)cc1Cl. The predicted octanol–water partition coefficient (Wildman–Crippen LogP) is 3.06. The van der Waals surface area contributed by atoms with Gasteiger partial charge in [0.2, 0.25) is 0 Å². The van der Waals surface area contributed by atoms with Crippen LogP contribution >= 0.6 is 23.2 Å². The molecule has 4 heteroatoms. The van der Waals surface area contributed by atoms with Gasteiger partial charge in [-0.1, -0.05) is 23.2 Å². The first kappa shape index (κ1) is 10.6. The van der Waals surface area contributed by atoms with Gasteiger partial charge in [-0.2, -0.15) is 0 Å². The van der Waals surface area contributed by atoms with Gasteiger partial charge in [0.05, 0.1) is 18.2 Å². The number of aliphatic hydroxyl groups excluding tert-OH is 1. The number of halogens is 2. The molecule has 1 N–H and O–H groups in total. The molecule has 0 radical (unpaired) electrons. The maximum absolute atomic E-state index is 9.33. The molecule has 0 saturated carbocycles. The van der Waals surface area contributed by atoms with E-state index in [-0.39, 0.29) is 0 Å². The zero-order chi connectivity index (χ0) is 10.0. The molecule has 0 aromatic heterocycles. The number of methoxy groups -OCH3 is 1. The Kier molecular flexibility index (Phi) is 3.42. The fourth-order valence-corrected chi connectivity index (χ4v) is 1.64. The number of rotatable bonds is 2. The molecule has 1 aromatic carbocycles. The average Bonchev–Trinajstić information content (AvgIpc) is 2.03. The molecule has 0 heterocycles. The normalized spacial score (nSPS) is 12.7. The second-order valence-corrected chi connectivity index (χ2v) is 3.50. The summed E-state index contributed by atoms with van der Waals surface area (Å²) in [6.45, 7) is 1.63. The van der Waals surface area contributed by atoms with Crippen LogP contribution in [0.4, 0.5) is 0 Å². The zero-order valence-corrected chi connectivity index (χ0v) is 8.86. The molecule has 0 bridgehead atoms. The van der Waals surface area contributed by atoms with E-state index in [0.29, 0.717) is 21.4 Å². The van der Waals surface area contributed by atoms with Crippen LogP contribution in [0, 0.1) is 0 Å². The highest BCUT2D eigenvalue weighted by molar-refractivity contribution is 6.36. The van der Waals surface area contributed by atoms with E-state index in [9.17, 15) is 5.11 Å². The molecule has 1 unspecified atom stereocenters. The number of hydrogen-bond donors (Lipinski definition) is 1. The molecule has 0 fully saturated rings. The van der Waals surface area contributed by atoms with Gasteiger partial charge >= 0.3 is 0 Å². The van der Waals surface area contributed by atoms with Crippen molar-refractivity contribution in [1.29, 1.82) is 0 Å². The van der Waals surface area contributed by atoms with Gasteiger partial charge in [0.15, 0.2) is 0 Å². The quantitative estimate of drug-likeness (QED) is 0.831. The summed E-state index contributed by atoms with van der Waals surface area (Å²) in [5, 5.41) is 10.2. The van der Waals surface area contributed by atoms with E-state index in [1.54, 1.807) is 19.1 Å². The zero-order valence-electron chi connectivity index (χ0n) is 7.34. The Morgan fingerprint density at radius 2 is 1.92 bits per heavy atom. The van der Waals surface area contributed by atoms with Gasteiger partial charge in [-0.25, -0.2) is 0 Å². The highest BCUT2D eigenvalue weighted by atomic mass is 35.5. The standard InChI is InChI=1S/C9H10Cl2O2/c1-5(12)6-3-9(13-2)8(11)4-7(6)10/h3-5,12H,1-2H3. The number of hydrogen-bond acceptors (Lipinski definition) is 2. The Hall–Kier alpha value is -0.440. The molecule has 0 spiro atoms. The van der Waals surface area contributed by atoms with Crippen LogP contribution in [0.1, 0.15) is 18.6 Å². The third-order valence-corrected chi connectivity index (χ3v) is 2.34. The summed E-state index contributed by atoms with van der Waals surface area (Å²) in [7, 11) is 1.51. The Balaban J connectivity index is 3.22. The van der Waals surface area contributed by atoms with Crippen molar-refractivity contribution in [2.45, 2.75) is 13.0 Å². The highest BCUT2D eigenvalue weighted by Crippen LogP contribution is 2.33. The molecule has 1 rings (SSSR count). The maximum Gasteiger partial charge on any atom is 0.137 e. The summed E-state index contributed by atoms with van der Waals surface area (Å²) in [5.41, 5.74) is 0.614. The fraction of sp³-hybridized carbons (Fsp3) is 0.333. The van der Waals surface area contributed by atoms with Crippen LogP contribution in [0.25, 0.3) is 0 Å². The van der Waals surface area contributed by atoms with Crippen LogP contribution in [0.3, 0.4) is 0 Å². The van der Waals surface area contributed by atoms with E-state index in [1.165, 1.54) is 7.11 Å². The van der Waals surface area contributed by atoms with Crippen molar-refractivity contribution in [3.8, 4) is 5.75 Å². The summed E-state index contributed by atoms with van der Waals surface area (Å²) < 4.78 is 4.99. The van der Waals surface area contributed by atoms with Crippen molar-refractivity contribution in [2.75, 3.05) is 7.11 Å². The average molecular weight is 221 g/mol. The van der Waals surface area contributed by atoms with Gasteiger partial charge in [-0.05, 0) is 19.1 Å². The van der Waals surface area contributed by atoms with Crippen molar-refractivity contribution in [1.82, 2.24) is 0 Å². The number of ether oxygens (including phenoxy) is 1. The van der Waals surface area contributed by atoms with Crippen LogP contribution < -0.4 is 4.74 Å². The van der Waals surface area contributed by atoms with Crippen LogP contribution in [0.15, 0.2) is 12.1 Å². The minimum atomic E-state index is -0.626. The lowest BCUT2D eigenvalue weighted by atomic mass is 10.1. The maximum atomic E-state index is 9.33. The van der Waals surface area contributed by atoms with Crippen molar-refractivity contribution in [3.63, 3.8) is 0 Å². The summed E-state index contributed by atoms with van der Waals surface area (Å²) in [6, 6.07) is 3.19. The molecule has 0 aliphatic rings. The Bertz CT molecular complexity index is 311. The molecule has 1 aromatic rings. The Morgan fingerprint density at radius 1 is 1.31 bits per heavy atom. The highest BCUT2D eigenvalue weighted by Gasteiger charge is 2.11. The van der Waals surface area contributed by atoms with E-state index < -0.39 is 6.10 Å². The fourth-order valence-electron chi connectivity index (χ4n) is 1.02. The van der Waals surface area contributed by atoms with Crippen LogP contribution in [-0.2, 0) is 0 Å². The molecule has 0 aliphatic heterocycles. The van der Waals surface area contributed by atoms with Gasteiger partial charge in [0.1, 0.15) is 5.75 Å². The largest absolute Gasteiger partial charge is 0.495 e. The van der Waals surface area contributed by atoms with Gasteiger partial charge < -0.3 is 9.84 Å². The van der Waals surface area contributed by atoms with Gasteiger partial charge in [-0.15, -0.1) is 0 Å². The van der Waals surface area contributed by atoms with E-state index >= 15 is 0 Å². The number of benzene rings is 1. The topological polar surface area (TPSA) is 29.5 Å². The van der Waals surface area contributed by atoms with Gasteiger partial charge in [-0.3, -0.25) is 0 Å². The molecule has 2 nitrogen and oxygen atoms in total. The molecule has 0 saturated heterocycles. The van der Waals surface area contributed by atoms with Crippen molar-refractivity contribution in [2.24, 2.45) is 0 Å². The van der Waals surface area contributed by atoms with E-state index in [2.05, 4.69) is 0 Å². The minimum Gasteiger partial charge on any atom is -0.495 e. The first-order chi connectivity index (χ1) is 6.06. The van der Waals surface area contributed by atoms with E-state index in [4.69, 9.17) is 27.9 Å². The first-order valence-corrected chi connectivity index (χ1v) is 4.53. The molecule has 0 amide bonds. The molecule has 1 atom stereocenters. The lowest BCUT2D eigenvalue weighted by molar-refractivity contribution is 0.199. The van der Waals surface area contributed by atoms with Crippen molar-refractivity contribution < 1.29 is 9.84 Å². The summed E-state index contributed by atoms with van der Waals surface area (Å²) in [6.07, 6.45) is -0.626. The monoisotopic (exact) mass is 220 g/mol. The third kappa shape index (κ3) is 2.27. The van der Waals surface area contributed by atoms with Crippen LogP contribution in [-0.4, -0.2) is 12.2 Å². The van der Waals surface area contributed by atoms with E-state index in [1.807, 2.05) is 0 Å². The predicted molar refractivity (Wildman–Crippen MR) is 53.6 cm³/mol. The Labute approximate surface area is 87.0 Å². The van der Waals surface area contributed by atoms with Crippen LogP contribution in [0.2, 0.25) is 10.0 Å². The van der Waals surface area contributed by atoms with Crippen molar-refractivity contribution >= 4 is 23.2 Å². The Morgan fingerprint density at radius 3 is 2.38 bits per heavy atom. The lowest BCUT2D eigenvalue weighted by Crippen LogP contribution is -1.94. The summed E-state index contributed by atoms with van der Waals surface area (Å²) in [4.78, 5) is 0. The third-order valence-electron chi connectivity index (χ3n) is 1.72.